The van der Waals surface area contributed by atoms with Gasteiger partial charge in [0.05, 0.1) is 34.8 Å². The molecule has 2 atom stereocenters. The van der Waals surface area contributed by atoms with E-state index in [4.69, 9.17) is 30.6 Å². The number of hydrogen-bond acceptors (Lipinski definition) is 7. The summed E-state index contributed by atoms with van der Waals surface area (Å²) in [6.07, 6.45) is 0.184. The zero-order valence-corrected chi connectivity index (χ0v) is 21.7. The number of nitrogens with zero attached hydrogens (tertiary/aromatic N) is 2. The van der Waals surface area contributed by atoms with Gasteiger partial charge < -0.3 is 29.2 Å². The van der Waals surface area contributed by atoms with Gasteiger partial charge in [0.25, 0.3) is 6.01 Å². The normalized spacial score (nSPS) is 16.9. The number of benzene rings is 3. The maximum Gasteiger partial charge on any atom is 0.335 e. The Balaban J connectivity index is 1.28. The number of rotatable bonds is 9. The topological polar surface area (TPSA) is 114 Å². The molecule has 11 heteroatoms. The van der Waals surface area contributed by atoms with E-state index >= 15 is 4.39 Å². The van der Waals surface area contributed by atoms with Crippen LogP contribution in [0.2, 0.25) is 5.02 Å². The van der Waals surface area contributed by atoms with Crippen molar-refractivity contribution in [2.75, 3.05) is 25.6 Å². The number of para-hydroxylation sites is 1. The Labute approximate surface area is 228 Å². The van der Waals surface area contributed by atoms with Gasteiger partial charge in [0, 0.05) is 19.2 Å². The number of aromatic nitrogens is 1. The highest BCUT2D eigenvalue weighted by atomic mass is 35.5. The van der Waals surface area contributed by atoms with E-state index in [2.05, 4.69) is 10.3 Å². The zero-order chi connectivity index (χ0) is 27.5. The van der Waals surface area contributed by atoms with E-state index in [0.717, 1.165) is 0 Å². The smallest absolute Gasteiger partial charge is 0.335 e. The van der Waals surface area contributed by atoms with Gasteiger partial charge in [-0.1, -0.05) is 29.8 Å². The summed E-state index contributed by atoms with van der Waals surface area (Å²) in [6, 6.07) is 16.0. The van der Waals surface area contributed by atoms with Crippen LogP contribution in [0.4, 0.5) is 16.1 Å². The van der Waals surface area contributed by atoms with E-state index in [1.165, 1.54) is 18.2 Å². The van der Waals surface area contributed by atoms with Crippen LogP contribution in [-0.2, 0) is 16.0 Å². The Kier molecular flexibility index (Phi) is 7.67. The molecule has 0 aliphatic carbocycles. The Morgan fingerprint density at radius 1 is 1.18 bits per heavy atom. The third-order valence-electron chi connectivity index (χ3n) is 6.61. The summed E-state index contributed by atoms with van der Waals surface area (Å²) in [6.45, 7) is 0.526. The number of carbonyl (C=O) groups excluding carboxylic acids is 1. The van der Waals surface area contributed by atoms with Gasteiger partial charge in [-0.15, -0.1) is 0 Å². The first kappa shape index (κ1) is 26.5. The number of aromatic carboxylic acids is 1. The van der Waals surface area contributed by atoms with E-state index in [9.17, 15) is 9.59 Å². The van der Waals surface area contributed by atoms with Crippen LogP contribution in [0.3, 0.4) is 0 Å². The standard InChI is InChI=1S/C28H25ClFN3O6/c1-37-20-13-18(15-38-19-9-6-16(7-10-19)27(35)36)33(14-20)24(34)12-17-8-11-23-26(25(17)30)39-28(32-23)31-22-5-3-2-4-21(22)29/h2-11,18,20H,12-15H2,1H3,(H,31,32)(H,35,36)/t18-,20-/m0/s1. The van der Waals surface area contributed by atoms with Crippen molar-refractivity contribution in [2.45, 2.75) is 25.0 Å². The fourth-order valence-electron chi connectivity index (χ4n) is 4.53. The molecule has 0 bridgehead atoms. The molecule has 5 rings (SSSR count). The number of ether oxygens (including phenoxy) is 2. The number of methoxy groups -OCH3 is 1. The maximum absolute atomic E-state index is 15.4. The number of carboxylic acid groups (broad SMARTS) is 1. The highest BCUT2D eigenvalue weighted by molar-refractivity contribution is 6.33. The lowest BCUT2D eigenvalue weighted by Crippen LogP contribution is -2.40. The molecule has 1 amide bonds. The van der Waals surface area contributed by atoms with Gasteiger partial charge in [0.1, 0.15) is 17.9 Å². The van der Waals surface area contributed by atoms with Crippen molar-refractivity contribution in [3.05, 3.63) is 82.6 Å². The van der Waals surface area contributed by atoms with Crippen LogP contribution >= 0.6 is 11.6 Å². The summed E-state index contributed by atoms with van der Waals surface area (Å²) in [5, 5.41) is 12.5. The summed E-state index contributed by atoms with van der Waals surface area (Å²) in [5.74, 6) is -1.48. The summed E-state index contributed by atoms with van der Waals surface area (Å²) in [7, 11) is 1.58. The molecule has 0 spiro atoms. The molecule has 3 aromatic carbocycles. The van der Waals surface area contributed by atoms with Gasteiger partial charge >= 0.3 is 5.97 Å². The van der Waals surface area contributed by atoms with E-state index < -0.39 is 11.8 Å². The molecule has 2 heterocycles. The van der Waals surface area contributed by atoms with Crippen LogP contribution in [-0.4, -0.2) is 59.3 Å². The molecule has 0 unspecified atom stereocenters. The molecular formula is C28H25ClFN3O6. The van der Waals surface area contributed by atoms with Crippen LogP contribution in [0, 0.1) is 5.82 Å². The number of carbonyl (C=O) groups is 2. The monoisotopic (exact) mass is 553 g/mol. The number of anilines is 2. The van der Waals surface area contributed by atoms with Crippen LogP contribution in [0.25, 0.3) is 11.1 Å². The molecule has 0 saturated carbocycles. The number of fused-ring (bicyclic) bond motifs is 1. The molecule has 1 fully saturated rings. The number of oxazole rings is 1. The molecule has 202 valence electrons. The highest BCUT2D eigenvalue weighted by Crippen LogP contribution is 2.30. The molecule has 2 N–H and O–H groups in total. The second-order valence-corrected chi connectivity index (χ2v) is 9.53. The number of carboxylic acids is 1. The van der Waals surface area contributed by atoms with Crippen LogP contribution in [0.15, 0.2) is 65.1 Å². The van der Waals surface area contributed by atoms with Gasteiger partial charge in [-0.05, 0) is 48.9 Å². The van der Waals surface area contributed by atoms with Crippen LogP contribution < -0.4 is 10.1 Å². The Bertz CT molecular complexity index is 1510. The molecule has 0 radical (unpaired) electrons. The SMILES string of the molecule is CO[C@H]1C[C@@H](COc2ccc(C(=O)O)cc2)N(C(=O)Cc2ccc3nc(Nc4ccccc4Cl)oc3c2F)C1. The first-order valence-electron chi connectivity index (χ1n) is 12.2. The van der Waals surface area contributed by atoms with Gasteiger partial charge in [-0.2, -0.15) is 4.98 Å². The van der Waals surface area contributed by atoms with E-state index in [1.54, 1.807) is 54.5 Å². The molecule has 1 saturated heterocycles. The van der Waals surface area contributed by atoms with Gasteiger partial charge in [-0.3, -0.25) is 4.79 Å². The average molecular weight is 554 g/mol. The molecular weight excluding hydrogens is 529 g/mol. The van der Waals surface area contributed by atoms with E-state index in [1.807, 2.05) is 0 Å². The third-order valence-corrected chi connectivity index (χ3v) is 6.94. The summed E-state index contributed by atoms with van der Waals surface area (Å²) in [5.41, 5.74) is 1.14. The fourth-order valence-corrected chi connectivity index (χ4v) is 4.71. The number of halogens is 2. The second-order valence-electron chi connectivity index (χ2n) is 9.12. The van der Waals surface area contributed by atoms with Crippen molar-refractivity contribution < 1.29 is 33.0 Å². The molecule has 9 nitrogen and oxygen atoms in total. The first-order chi connectivity index (χ1) is 18.8. The zero-order valence-electron chi connectivity index (χ0n) is 20.9. The lowest BCUT2D eigenvalue weighted by molar-refractivity contribution is -0.132. The van der Waals surface area contributed by atoms with Crippen molar-refractivity contribution >= 4 is 46.3 Å². The van der Waals surface area contributed by atoms with Gasteiger partial charge in [-0.25, -0.2) is 9.18 Å². The summed E-state index contributed by atoms with van der Waals surface area (Å²) >= 11 is 6.17. The lowest BCUT2D eigenvalue weighted by Gasteiger charge is -2.24. The van der Waals surface area contributed by atoms with Gasteiger partial charge in [0.15, 0.2) is 11.4 Å². The van der Waals surface area contributed by atoms with Crippen LogP contribution in [0.5, 0.6) is 5.75 Å². The average Bonchev–Trinajstić information content (AvgIpc) is 3.55. The van der Waals surface area contributed by atoms with E-state index in [0.29, 0.717) is 34.9 Å². The number of hydrogen-bond donors (Lipinski definition) is 2. The minimum Gasteiger partial charge on any atom is -0.491 e. The lowest BCUT2D eigenvalue weighted by atomic mass is 10.1. The predicted molar refractivity (Wildman–Crippen MR) is 142 cm³/mol. The highest BCUT2D eigenvalue weighted by Gasteiger charge is 2.36. The van der Waals surface area contributed by atoms with Crippen molar-refractivity contribution in [2.24, 2.45) is 0 Å². The summed E-state index contributed by atoms with van der Waals surface area (Å²) < 4.78 is 32.3. The van der Waals surface area contributed by atoms with Crippen molar-refractivity contribution in [3.8, 4) is 5.75 Å². The van der Waals surface area contributed by atoms with Gasteiger partial charge in [0.2, 0.25) is 5.91 Å². The molecule has 1 aliphatic rings. The van der Waals surface area contributed by atoms with Crippen molar-refractivity contribution in [1.29, 1.82) is 0 Å². The minimum atomic E-state index is -1.03. The maximum atomic E-state index is 15.4. The largest absolute Gasteiger partial charge is 0.491 e. The Morgan fingerprint density at radius 3 is 2.67 bits per heavy atom. The third kappa shape index (κ3) is 5.81. The quantitative estimate of drug-likeness (QED) is 0.287. The molecule has 1 aliphatic heterocycles. The summed E-state index contributed by atoms with van der Waals surface area (Å²) in [4.78, 5) is 30.3. The Morgan fingerprint density at radius 2 is 1.95 bits per heavy atom. The van der Waals surface area contributed by atoms with Crippen molar-refractivity contribution in [1.82, 2.24) is 9.88 Å². The number of likely N-dealkylation sites (tertiary alicyclic amines) is 1. The first-order valence-corrected chi connectivity index (χ1v) is 12.6. The molecule has 39 heavy (non-hydrogen) atoms. The fraction of sp³-hybridized carbons (Fsp3) is 0.250. The second kappa shape index (κ2) is 11.3. The minimum absolute atomic E-state index is 0.0595. The predicted octanol–water partition coefficient (Wildman–Crippen LogP) is 5.30. The molecule has 1 aromatic heterocycles. The number of amides is 1. The van der Waals surface area contributed by atoms with Crippen molar-refractivity contribution in [3.63, 3.8) is 0 Å². The Hall–Kier alpha value is -4.15. The van der Waals surface area contributed by atoms with E-state index in [-0.39, 0.29) is 53.8 Å². The number of nitrogens with one attached hydrogen (secondary N) is 1. The molecule has 4 aromatic rings. The van der Waals surface area contributed by atoms with Crippen LogP contribution in [0.1, 0.15) is 22.3 Å².